The van der Waals surface area contributed by atoms with Crippen LogP contribution in [0.3, 0.4) is 0 Å². The van der Waals surface area contributed by atoms with Crippen molar-refractivity contribution in [3.8, 4) is 11.5 Å². The molecule has 130 valence electrons. The van der Waals surface area contributed by atoms with E-state index in [4.69, 9.17) is 4.74 Å². The largest absolute Gasteiger partial charge is 0.504 e. The highest BCUT2D eigenvalue weighted by atomic mass is 16.6. The summed E-state index contributed by atoms with van der Waals surface area (Å²) >= 11 is 0. The van der Waals surface area contributed by atoms with Crippen LogP contribution in [0, 0.1) is 0 Å². The Labute approximate surface area is 137 Å². The van der Waals surface area contributed by atoms with Gasteiger partial charge in [-0.1, -0.05) is 6.07 Å². The first kappa shape index (κ1) is 17.9. The number of carbonyl (C=O) groups excluding carboxylic acids is 2. The van der Waals surface area contributed by atoms with Gasteiger partial charge in [0.05, 0.1) is 6.10 Å². The summed E-state index contributed by atoms with van der Waals surface area (Å²) in [6.07, 6.45) is -2.15. The van der Waals surface area contributed by atoms with E-state index in [1.807, 2.05) is 0 Å². The molecule has 8 heteroatoms. The maximum Gasteiger partial charge on any atom is 0.331 e. The highest BCUT2D eigenvalue weighted by molar-refractivity contribution is 5.87. The fourth-order valence-electron chi connectivity index (χ4n) is 2.49. The standard InChI is InChI=1S/C16H18O8/c17-8-16(23)6-12(20)15(22)13(7-16)24-14(21)4-2-9-1-3-10(18)11(19)5-9/h1-5,8,12-13,15,18-20,22-23H,6-7H2/b4-2+. The van der Waals surface area contributed by atoms with Crippen molar-refractivity contribution in [1.82, 2.24) is 0 Å². The summed E-state index contributed by atoms with van der Waals surface area (Å²) in [5, 5.41) is 48.0. The number of phenolic OH excluding ortho intramolecular Hbond substituents is 2. The summed E-state index contributed by atoms with van der Waals surface area (Å²) < 4.78 is 4.98. The summed E-state index contributed by atoms with van der Waals surface area (Å²) in [6.45, 7) is 0. The Morgan fingerprint density at radius 3 is 2.54 bits per heavy atom. The lowest BCUT2D eigenvalue weighted by Gasteiger charge is -2.38. The van der Waals surface area contributed by atoms with Crippen molar-refractivity contribution < 1.29 is 39.9 Å². The van der Waals surface area contributed by atoms with Gasteiger partial charge in [0.15, 0.2) is 17.8 Å². The average Bonchev–Trinajstić information content (AvgIpc) is 2.53. The van der Waals surface area contributed by atoms with Crippen molar-refractivity contribution in [3.05, 3.63) is 29.8 Å². The summed E-state index contributed by atoms with van der Waals surface area (Å²) in [6, 6.07) is 3.92. The molecule has 24 heavy (non-hydrogen) atoms. The van der Waals surface area contributed by atoms with E-state index >= 15 is 0 Å². The third-order valence-electron chi connectivity index (χ3n) is 3.79. The maximum atomic E-state index is 11.8. The summed E-state index contributed by atoms with van der Waals surface area (Å²) in [5.74, 6) is -1.52. The Morgan fingerprint density at radius 1 is 1.21 bits per heavy atom. The quantitative estimate of drug-likeness (QED) is 0.213. The van der Waals surface area contributed by atoms with Crippen LogP contribution in [0.1, 0.15) is 18.4 Å². The Bertz CT molecular complexity index is 655. The van der Waals surface area contributed by atoms with Crippen LogP contribution in [-0.4, -0.2) is 61.7 Å². The van der Waals surface area contributed by atoms with Crippen molar-refractivity contribution in [1.29, 1.82) is 0 Å². The van der Waals surface area contributed by atoms with Gasteiger partial charge in [0.25, 0.3) is 0 Å². The van der Waals surface area contributed by atoms with Gasteiger partial charge in [0.1, 0.15) is 17.8 Å². The summed E-state index contributed by atoms with van der Waals surface area (Å²) in [4.78, 5) is 22.7. The van der Waals surface area contributed by atoms with Crippen LogP contribution in [0.2, 0.25) is 0 Å². The number of ether oxygens (including phenoxy) is 1. The van der Waals surface area contributed by atoms with Crippen molar-refractivity contribution in [2.24, 2.45) is 0 Å². The molecular formula is C16H18O8. The molecule has 1 aromatic rings. The number of aromatic hydroxyl groups is 2. The van der Waals surface area contributed by atoms with Gasteiger partial charge < -0.3 is 35.1 Å². The molecule has 1 fully saturated rings. The SMILES string of the molecule is O=CC1(O)CC(O)C(O)C(OC(=O)/C=C/c2ccc(O)c(O)c2)C1. The van der Waals surface area contributed by atoms with Gasteiger partial charge in [0, 0.05) is 18.9 Å². The van der Waals surface area contributed by atoms with Gasteiger partial charge >= 0.3 is 5.97 Å². The monoisotopic (exact) mass is 338 g/mol. The minimum absolute atomic E-state index is 0.248. The second kappa shape index (κ2) is 7.00. The molecule has 1 aliphatic rings. The zero-order valence-corrected chi connectivity index (χ0v) is 12.6. The molecule has 5 N–H and O–H groups in total. The topological polar surface area (TPSA) is 145 Å². The van der Waals surface area contributed by atoms with Gasteiger partial charge in [-0.15, -0.1) is 0 Å². The molecule has 0 spiro atoms. The number of aliphatic hydroxyl groups excluding tert-OH is 2. The van der Waals surface area contributed by atoms with Crippen LogP contribution in [-0.2, 0) is 14.3 Å². The zero-order valence-electron chi connectivity index (χ0n) is 12.6. The van der Waals surface area contributed by atoms with E-state index in [1.54, 1.807) is 0 Å². The first-order valence-corrected chi connectivity index (χ1v) is 7.19. The number of rotatable bonds is 4. The normalized spacial score (nSPS) is 30.2. The number of carbonyl (C=O) groups is 2. The molecule has 1 aliphatic carbocycles. The number of hydrogen-bond acceptors (Lipinski definition) is 8. The number of benzene rings is 1. The van der Waals surface area contributed by atoms with Crippen molar-refractivity contribution in [3.63, 3.8) is 0 Å². The molecular weight excluding hydrogens is 320 g/mol. The molecule has 4 unspecified atom stereocenters. The zero-order chi connectivity index (χ0) is 17.9. The smallest absolute Gasteiger partial charge is 0.331 e. The molecule has 0 saturated heterocycles. The Hall–Kier alpha value is -2.42. The van der Waals surface area contributed by atoms with Crippen LogP contribution >= 0.6 is 0 Å². The van der Waals surface area contributed by atoms with Crippen LogP contribution in [0.5, 0.6) is 11.5 Å². The van der Waals surface area contributed by atoms with Gasteiger partial charge in [-0.05, 0) is 23.8 Å². The molecule has 0 heterocycles. The molecule has 0 bridgehead atoms. The van der Waals surface area contributed by atoms with E-state index in [0.717, 1.165) is 6.08 Å². The van der Waals surface area contributed by atoms with E-state index in [1.165, 1.54) is 24.3 Å². The molecule has 8 nitrogen and oxygen atoms in total. The third kappa shape index (κ3) is 4.10. The van der Waals surface area contributed by atoms with E-state index in [0.29, 0.717) is 5.56 Å². The fourth-order valence-corrected chi connectivity index (χ4v) is 2.49. The van der Waals surface area contributed by atoms with Crippen LogP contribution in [0.15, 0.2) is 24.3 Å². The number of aldehydes is 1. The van der Waals surface area contributed by atoms with Crippen LogP contribution in [0.4, 0.5) is 0 Å². The predicted molar refractivity (Wildman–Crippen MR) is 80.9 cm³/mol. The first-order chi connectivity index (χ1) is 11.2. The Kier molecular flexibility index (Phi) is 5.23. The maximum absolute atomic E-state index is 11.8. The Balaban J connectivity index is 2.03. The van der Waals surface area contributed by atoms with Crippen molar-refractivity contribution in [2.45, 2.75) is 36.8 Å². The lowest BCUT2D eigenvalue weighted by atomic mass is 9.80. The van der Waals surface area contributed by atoms with Gasteiger partial charge in [-0.2, -0.15) is 0 Å². The van der Waals surface area contributed by atoms with Gasteiger partial charge in [0.2, 0.25) is 0 Å². The third-order valence-corrected chi connectivity index (χ3v) is 3.79. The lowest BCUT2D eigenvalue weighted by Crippen LogP contribution is -2.54. The van der Waals surface area contributed by atoms with E-state index in [2.05, 4.69) is 0 Å². The number of esters is 1. The summed E-state index contributed by atoms with van der Waals surface area (Å²) in [7, 11) is 0. The van der Waals surface area contributed by atoms with E-state index in [-0.39, 0.29) is 30.6 Å². The number of aliphatic hydroxyl groups is 3. The molecule has 0 aromatic heterocycles. The van der Waals surface area contributed by atoms with Gasteiger partial charge in [-0.25, -0.2) is 4.79 Å². The fraction of sp³-hybridized carbons (Fsp3) is 0.375. The van der Waals surface area contributed by atoms with Crippen molar-refractivity contribution >= 4 is 18.3 Å². The Morgan fingerprint density at radius 2 is 1.92 bits per heavy atom. The molecule has 1 aromatic carbocycles. The second-order valence-electron chi connectivity index (χ2n) is 5.74. The van der Waals surface area contributed by atoms with Crippen LogP contribution < -0.4 is 0 Å². The van der Waals surface area contributed by atoms with E-state index < -0.39 is 29.9 Å². The molecule has 1 saturated carbocycles. The molecule has 0 aliphatic heterocycles. The minimum Gasteiger partial charge on any atom is -0.504 e. The average molecular weight is 338 g/mol. The van der Waals surface area contributed by atoms with Crippen LogP contribution in [0.25, 0.3) is 6.08 Å². The minimum atomic E-state index is -1.87. The highest BCUT2D eigenvalue weighted by Crippen LogP contribution is 2.30. The second-order valence-corrected chi connectivity index (χ2v) is 5.74. The molecule has 0 amide bonds. The van der Waals surface area contributed by atoms with E-state index in [9.17, 15) is 35.1 Å². The lowest BCUT2D eigenvalue weighted by molar-refractivity contribution is -0.181. The number of hydrogen-bond donors (Lipinski definition) is 5. The number of phenols is 2. The first-order valence-electron chi connectivity index (χ1n) is 7.19. The van der Waals surface area contributed by atoms with Gasteiger partial charge in [-0.3, -0.25) is 0 Å². The highest BCUT2D eigenvalue weighted by Gasteiger charge is 2.45. The predicted octanol–water partition coefficient (Wildman–Crippen LogP) is -0.532. The molecule has 4 atom stereocenters. The molecule has 2 rings (SSSR count). The summed E-state index contributed by atoms with van der Waals surface area (Å²) in [5.41, 5.74) is -1.45. The molecule has 0 radical (unpaired) electrons. The van der Waals surface area contributed by atoms with Crippen molar-refractivity contribution in [2.75, 3.05) is 0 Å².